The Labute approximate surface area is 155 Å². The van der Waals surface area contributed by atoms with E-state index in [0.717, 1.165) is 37.6 Å². The Morgan fingerprint density at radius 3 is 2.62 bits per heavy atom. The van der Waals surface area contributed by atoms with Gasteiger partial charge in [-0.3, -0.25) is 4.79 Å². The molecule has 0 radical (unpaired) electrons. The Kier molecular flexibility index (Phi) is 7.67. The second kappa shape index (κ2) is 10.2. The Morgan fingerprint density at radius 2 is 2.00 bits per heavy atom. The highest BCUT2D eigenvalue weighted by Crippen LogP contribution is 2.07. The lowest BCUT2D eigenvalue weighted by Gasteiger charge is -2.12. The number of hydrogen-bond donors (Lipinski definition) is 2. The van der Waals surface area contributed by atoms with Gasteiger partial charge in [-0.05, 0) is 31.0 Å². The first-order valence-corrected chi connectivity index (χ1v) is 8.88. The molecule has 140 valence electrons. The number of hydrogen-bond acceptors (Lipinski definition) is 3. The molecule has 1 heterocycles. The molecule has 0 aliphatic carbocycles. The monoisotopic (exact) mass is 356 g/mol. The van der Waals surface area contributed by atoms with Crippen molar-refractivity contribution in [3.8, 4) is 0 Å². The van der Waals surface area contributed by atoms with Crippen molar-refractivity contribution in [2.75, 3.05) is 27.2 Å². The molecule has 0 aliphatic rings. The van der Waals surface area contributed by atoms with Gasteiger partial charge in [0, 0.05) is 51.7 Å². The lowest BCUT2D eigenvalue weighted by Crippen LogP contribution is -2.38. The number of guanidine groups is 1. The number of amides is 1. The molecule has 1 aromatic carbocycles. The molecule has 0 saturated heterocycles. The van der Waals surface area contributed by atoms with E-state index in [4.69, 9.17) is 0 Å². The fourth-order valence-corrected chi connectivity index (χ4v) is 2.41. The number of benzene rings is 1. The Bertz CT molecular complexity index is 691. The van der Waals surface area contributed by atoms with Gasteiger partial charge in [-0.25, -0.2) is 9.98 Å². The van der Waals surface area contributed by atoms with E-state index in [1.165, 1.54) is 0 Å². The lowest BCUT2D eigenvalue weighted by atomic mass is 10.1. The smallest absolute Gasteiger partial charge is 0.253 e. The first-order chi connectivity index (χ1) is 12.6. The molecule has 0 spiro atoms. The van der Waals surface area contributed by atoms with E-state index < -0.39 is 0 Å². The van der Waals surface area contributed by atoms with Crippen LogP contribution in [0.25, 0.3) is 0 Å². The Balaban J connectivity index is 1.84. The van der Waals surface area contributed by atoms with Gasteiger partial charge in [0.25, 0.3) is 5.91 Å². The number of aromatic nitrogens is 2. The first kappa shape index (κ1) is 19.5. The number of nitrogens with zero attached hydrogens (tertiary/aromatic N) is 4. The second-order valence-electron chi connectivity index (χ2n) is 6.17. The molecule has 2 N–H and O–H groups in total. The van der Waals surface area contributed by atoms with Gasteiger partial charge in [0.2, 0.25) is 0 Å². The molecular weight excluding hydrogens is 328 g/mol. The van der Waals surface area contributed by atoms with E-state index in [2.05, 4.69) is 25.2 Å². The van der Waals surface area contributed by atoms with Gasteiger partial charge in [-0.1, -0.05) is 12.1 Å². The van der Waals surface area contributed by atoms with Gasteiger partial charge in [-0.2, -0.15) is 0 Å². The SMILES string of the molecule is CCNC(=NCc1ccc(C(=O)N(C)C)cc1)NCCCn1ccnc1. The van der Waals surface area contributed by atoms with Crippen LogP contribution in [0.3, 0.4) is 0 Å². The number of nitrogens with one attached hydrogen (secondary N) is 2. The molecule has 0 fully saturated rings. The Hall–Kier alpha value is -2.83. The molecule has 2 aromatic rings. The van der Waals surface area contributed by atoms with E-state index in [0.29, 0.717) is 12.1 Å². The van der Waals surface area contributed by atoms with Gasteiger partial charge in [-0.15, -0.1) is 0 Å². The van der Waals surface area contributed by atoms with Crippen molar-refractivity contribution in [2.45, 2.75) is 26.4 Å². The zero-order valence-electron chi connectivity index (χ0n) is 15.8. The van der Waals surface area contributed by atoms with E-state index in [9.17, 15) is 4.79 Å². The average molecular weight is 356 g/mol. The van der Waals surface area contributed by atoms with Gasteiger partial charge in [0.1, 0.15) is 0 Å². The standard InChI is InChI=1S/C19H28N6O/c1-4-21-19(22-10-5-12-25-13-11-20-15-25)23-14-16-6-8-17(9-7-16)18(26)24(2)3/h6-9,11,13,15H,4-5,10,12,14H2,1-3H3,(H2,21,22,23). The summed E-state index contributed by atoms with van der Waals surface area (Å²) in [7, 11) is 3.50. The summed E-state index contributed by atoms with van der Waals surface area (Å²) in [5.41, 5.74) is 1.75. The van der Waals surface area contributed by atoms with Crippen LogP contribution < -0.4 is 10.6 Å². The second-order valence-corrected chi connectivity index (χ2v) is 6.17. The van der Waals surface area contributed by atoms with Crippen LogP contribution in [-0.2, 0) is 13.1 Å². The lowest BCUT2D eigenvalue weighted by molar-refractivity contribution is 0.0827. The van der Waals surface area contributed by atoms with Crippen molar-refractivity contribution >= 4 is 11.9 Å². The maximum absolute atomic E-state index is 11.9. The van der Waals surface area contributed by atoms with Crippen LogP contribution in [0.4, 0.5) is 0 Å². The van der Waals surface area contributed by atoms with E-state index in [1.54, 1.807) is 25.2 Å². The minimum atomic E-state index is 0.00736. The maximum atomic E-state index is 11.9. The molecule has 2 rings (SSSR count). The van der Waals surface area contributed by atoms with E-state index >= 15 is 0 Å². The molecule has 0 aliphatic heterocycles. The third-order valence-corrected chi connectivity index (χ3v) is 3.82. The summed E-state index contributed by atoms with van der Waals surface area (Å²) in [6.45, 7) is 5.18. The zero-order valence-corrected chi connectivity index (χ0v) is 15.8. The summed E-state index contributed by atoms with van der Waals surface area (Å²) in [5, 5.41) is 6.59. The number of rotatable bonds is 8. The minimum Gasteiger partial charge on any atom is -0.357 e. The molecule has 1 aromatic heterocycles. The van der Waals surface area contributed by atoms with Gasteiger partial charge >= 0.3 is 0 Å². The fourth-order valence-electron chi connectivity index (χ4n) is 2.41. The summed E-state index contributed by atoms with van der Waals surface area (Å²) >= 11 is 0. The molecule has 0 atom stereocenters. The highest BCUT2D eigenvalue weighted by molar-refractivity contribution is 5.93. The summed E-state index contributed by atoms with van der Waals surface area (Å²) in [6.07, 6.45) is 6.56. The van der Waals surface area contributed by atoms with Crippen LogP contribution in [-0.4, -0.2) is 53.5 Å². The van der Waals surface area contributed by atoms with Crippen LogP contribution >= 0.6 is 0 Å². The fraction of sp³-hybridized carbons (Fsp3) is 0.421. The molecule has 7 heteroatoms. The molecule has 0 saturated carbocycles. The minimum absolute atomic E-state index is 0.00736. The summed E-state index contributed by atoms with van der Waals surface area (Å²) in [6, 6.07) is 7.59. The van der Waals surface area contributed by atoms with Crippen LogP contribution in [0.5, 0.6) is 0 Å². The highest BCUT2D eigenvalue weighted by atomic mass is 16.2. The maximum Gasteiger partial charge on any atom is 0.253 e. The van der Waals surface area contributed by atoms with Crippen molar-refractivity contribution < 1.29 is 4.79 Å². The molecular formula is C19H28N6O. The molecule has 0 bridgehead atoms. The third kappa shape index (κ3) is 6.23. The molecule has 1 amide bonds. The van der Waals surface area contributed by atoms with Crippen LogP contribution in [0, 0.1) is 0 Å². The summed E-state index contributed by atoms with van der Waals surface area (Å²) in [4.78, 5) is 22.1. The highest BCUT2D eigenvalue weighted by Gasteiger charge is 2.07. The predicted octanol–water partition coefficient (Wildman–Crippen LogP) is 1.73. The van der Waals surface area contributed by atoms with Crippen molar-refractivity contribution in [1.29, 1.82) is 0 Å². The zero-order chi connectivity index (χ0) is 18.8. The normalized spacial score (nSPS) is 11.3. The number of aliphatic imine (C=N–C) groups is 1. The summed E-state index contributed by atoms with van der Waals surface area (Å²) in [5.74, 6) is 0.805. The topological polar surface area (TPSA) is 74.6 Å². The number of aryl methyl sites for hydroxylation is 1. The van der Waals surface area contributed by atoms with E-state index in [1.807, 2.05) is 43.7 Å². The number of carbonyl (C=O) groups is 1. The summed E-state index contributed by atoms with van der Waals surface area (Å²) < 4.78 is 2.06. The van der Waals surface area contributed by atoms with Crippen molar-refractivity contribution in [1.82, 2.24) is 25.1 Å². The van der Waals surface area contributed by atoms with Crippen molar-refractivity contribution in [2.24, 2.45) is 4.99 Å². The molecule has 0 unspecified atom stereocenters. The van der Waals surface area contributed by atoms with Crippen LogP contribution in [0.1, 0.15) is 29.3 Å². The average Bonchev–Trinajstić information content (AvgIpc) is 3.16. The van der Waals surface area contributed by atoms with Crippen LogP contribution in [0.2, 0.25) is 0 Å². The quantitative estimate of drug-likeness (QED) is 0.429. The largest absolute Gasteiger partial charge is 0.357 e. The number of imidazole rings is 1. The molecule has 7 nitrogen and oxygen atoms in total. The number of carbonyl (C=O) groups excluding carboxylic acids is 1. The first-order valence-electron chi connectivity index (χ1n) is 8.88. The predicted molar refractivity (Wildman–Crippen MR) is 104 cm³/mol. The molecule has 26 heavy (non-hydrogen) atoms. The van der Waals surface area contributed by atoms with Gasteiger partial charge in [0.15, 0.2) is 5.96 Å². The van der Waals surface area contributed by atoms with E-state index in [-0.39, 0.29) is 5.91 Å². The Morgan fingerprint density at radius 1 is 1.23 bits per heavy atom. The third-order valence-electron chi connectivity index (χ3n) is 3.82. The van der Waals surface area contributed by atoms with Crippen molar-refractivity contribution in [3.05, 3.63) is 54.1 Å². The van der Waals surface area contributed by atoms with Crippen molar-refractivity contribution in [3.63, 3.8) is 0 Å². The van der Waals surface area contributed by atoms with Gasteiger partial charge in [0.05, 0.1) is 12.9 Å². The van der Waals surface area contributed by atoms with Crippen LogP contribution in [0.15, 0.2) is 48.0 Å². The van der Waals surface area contributed by atoms with Gasteiger partial charge < -0.3 is 20.1 Å².